The second-order valence-electron chi connectivity index (χ2n) is 4.86. The van der Waals surface area contributed by atoms with Crippen LogP contribution in [-0.4, -0.2) is 25.4 Å². The van der Waals surface area contributed by atoms with Gasteiger partial charge in [-0.05, 0) is 35.9 Å². The second-order valence-corrected chi connectivity index (χ2v) is 4.86. The Bertz CT molecular complexity index is 841. The number of pyridine rings is 1. The minimum atomic E-state index is 0.672. The molecule has 3 rings (SSSR count). The summed E-state index contributed by atoms with van der Waals surface area (Å²) < 4.78 is 10.5. The number of nitrogens with one attached hydrogen (secondary N) is 1. The molecule has 0 saturated carbocycles. The van der Waals surface area contributed by atoms with Gasteiger partial charge in [-0.25, -0.2) is 0 Å². The van der Waals surface area contributed by atoms with E-state index in [0.29, 0.717) is 11.5 Å². The van der Waals surface area contributed by atoms with Crippen LogP contribution in [0.4, 0.5) is 5.69 Å². The van der Waals surface area contributed by atoms with Gasteiger partial charge in [0.05, 0.1) is 31.6 Å². The third-order valence-electron chi connectivity index (χ3n) is 3.46. The lowest BCUT2D eigenvalue weighted by Gasteiger charge is -2.07. The monoisotopic (exact) mass is 307 g/mol. The van der Waals surface area contributed by atoms with E-state index in [-0.39, 0.29) is 0 Å². The minimum Gasteiger partial charge on any atom is -0.493 e. The molecule has 0 unspecified atom stereocenters. The fourth-order valence-corrected chi connectivity index (χ4v) is 2.30. The highest BCUT2D eigenvalue weighted by Gasteiger charge is 2.03. The van der Waals surface area contributed by atoms with Crippen molar-refractivity contribution in [2.45, 2.75) is 0 Å². The van der Waals surface area contributed by atoms with Crippen LogP contribution in [0.5, 0.6) is 11.5 Å². The average molecular weight is 307 g/mol. The van der Waals surface area contributed by atoms with E-state index in [1.807, 2.05) is 48.5 Å². The van der Waals surface area contributed by atoms with Crippen molar-refractivity contribution in [3.05, 3.63) is 60.3 Å². The van der Waals surface area contributed by atoms with Crippen molar-refractivity contribution in [2.24, 2.45) is 5.10 Å². The third-order valence-corrected chi connectivity index (χ3v) is 3.46. The number of ether oxygens (including phenoxy) is 2. The van der Waals surface area contributed by atoms with E-state index < -0.39 is 0 Å². The molecule has 5 nitrogen and oxygen atoms in total. The molecule has 5 heteroatoms. The van der Waals surface area contributed by atoms with Crippen molar-refractivity contribution in [1.82, 2.24) is 4.98 Å². The van der Waals surface area contributed by atoms with E-state index in [1.54, 1.807) is 26.6 Å². The van der Waals surface area contributed by atoms with Gasteiger partial charge >= 0.3 is 0 Å². The van der Waals surface area contributed by atoms with Gasteiger partial charge < -0.3 is 9.47 Å². The molecule has 2 aromatic carbocycles. The first-order valence-electron chi connectivity index (χ1n) is 7.16. The van der Waals surface area contributed by atoms with Crippen LogP contribution in [0.2, 0.25) is 0 Å². The lowest BCUT2D eigenvalue weighted by molar-refractivity contribution is 0.355. The number of fused-ring (bicyclic) bond motifs is 1. The van der Waals surface area contributed by atoms with Crippen LogP contribution in [0.15, 0.2) is 59.8 Å². The highest BCUT2D eigenvalue weighted by Crippen LogP contribution is 2.27. The zero-order chi connectivity index (χ0) is 16.1. The summed E-state index contributed by atoms with van der Waals surface area (Å²) in [6.07, 6.45) is 3.49. The lowest BCUT2D eigenvalue weighted by Crippen LogP contribution is -1.94. The van der Waals surface area contributed by atoms with Gasteiger partial charge in [0.15, 0.2) is 11.5 Å². The smallest absolute Gasteiger partial charge is 0.161 e. The first kappa shape index (κ1) is 14.8. The molecule has 0 spiro atoms. The largest absolute Gasteiger partial charge is 0.493 e. The molecule has 0 saturated heterocycles. The zero-order valence-electron chi connectivity index (χ0n) is 13.0. The molecule has 0 fully saturated rings. The van der Waals surface area contributed by atoms with E-state index in [1.165, 1.54) is 0 Å². The SMILES string of the molecule is COc1ccc(C=NNc2ccnc3ccccc23)cc1OC. The Morgan fingerprint density at radius 2 is 1.83 bits per heavy atom. The van der Waals surface area contributed by atoms with Gasteiger partial charge in [-0.15, -0.1) is 0 Å². The molecule has 116 valence electrons. The number of hydrogen-bond acceptors (Lipinski definition) is 5. The quantitative estimate of drug-likeness (QED) is 0.577. The molecular weight excluding hydrogens is 290 g/mol. The van der Waals surface area contributed by atoms with E-state index in [4.69, 9.17) is 9.47 Å². The summed E-state index contributed by atoms with van der Waals surface area (Å²) in [6.45, 7) is 0. The van der Waals surface area contributed by atoms with Crippen LogP contribution < -0.4 is 14.9 Å². The van der Waals surface area contributed by atoms with Crippen molar-refractivity contribution >= 4 is 22.8 Å². The summed E-state index contributed by atoms with van der Waals surface area (Å²) in [6, 6.07) is 15.5. The predicted molar refractivity (Wildman–Crippen MR) is 92.5 cm³/mol. The van der Waals surface area contributed by atoms with Gasteiger partial charge in [-0.3, -0.25) is 10.4 Å². The number of benzene rings is 2. The first-order valence-corrected chi connectivity index (χ1v) is 7.16. The highest BCUT2D eigenvalue weighted by molar-refractivity contribution is 5.91. The Morgan fingerprint density at radius 3 is 2.65 bits per heavy atom. The molecule has 0 aliphatic carbocycles. The van der Waals surface area contributed by atoms with Crippen LogP contribution in [-0.2, 0) is 0 Å². The number of methoxy groups -OCH3 is 2. The van der Waals surface area contributed by atoms with E-state index in [9.17, 15) is 0 Å². The maximum atomic E-state index is 5.28. The summed E-state index contributed by atoms with van der Waals surface area (Å²) in [5.74, 6) is 1.36. The Kier molecular flexibility index (Phi) is 4.38. The number of anilines is 1. The van der Waals surface area contributed by atoms with Gasteiger partial charge in [0, 0.05) is 11.6 Å². The fourth-order valence-electron chi connectivity index (χ4n) is 2.30. The number of hydrazone groups is 1. The maximum absolute atomic E-state index is 5.28. The predicted octanol–water partition coefficient (Wildman–Crippen LogP) is 3.70. The van der Waals surface area contributed by atoms with Gasteiger partial charge in [0.2, 0.25) is 0 Å². The minimum absolute atomic E-state index is 0.672. The Hall–Kier alpha value is -3.08. The Morgan fingerprint density at radius 1 is 1.00 bits per heavy atom. The van der Waals surface area contributed by atoms with Crippen molar-refractivity contribution in [3.63, 3.8) is 0 Å². The van der Waals surface area contributed by atoms with Gasteiger partial charge in [-0.2, -0.15) is 5.10 Å². The van der Waals surface area contributed by atoms with Crippen LogP contribution in [0.3, 0.4) is 0 Å². The van der Waals surface area contributed by atoms with E-state index in [0.717, 1.165) is 22.2 Å². The average Bonchev–Trinajstić information content (AvgIpc) is 2.61. The molecule has 0 radical (unpaired) electrons. The molecule has 1 heterocycles. The molecule has 0 atom stereocenters. The van der Waals surface area contributed by atoms with Crippen LogP contribution in [0.1, 0.15) is 5.56 Å². The van der Waals surface area contributed by atoms with Gasteiger partial charge in [0.1, 0.15) is 0 Å². The van der Waals surface area contributed by atoms with Crippen molar-refractivity contribution in [1.29, 1.82) is 0 Å². The number of nitrogens with zero attached hydrogens (tertiary/aromatic N) is 2. The second kappa shape index (κ2) is 6.79. The van der Waals surface area contributed by atoms with Gasteiger partial charge in [-0.1, -0.05) is 18.2 Å². The molecule has 3 aromatic rings. The van der Waals surface area contributed by atoms with E-state index >= 15 is 0 Å². The first-order chi connectivity index (χ1) is 11.3. The lowest BCUT2D eigenvalue weighted by atomic mass is 10.2. The van der Waals surface area contributed by atoms with E-state index in [2.05, 4.69) is 15.5 Å². The Labute approximate surface area is 134 Å². The molecule has 1 N–H and O–H groups in total. The molecule has 0 bridgehead atoms. The summed E-state index contributed by atoms with van der Waals surface area (Å²) in [5.41, 5.74) is 5.81. The fraction of sp³-hybridized carbons (Fsp3) is 0.111. The molecule has 0 aliphatic heterocycles. The molecule has 23 heavy (non-hydrogen) atoms. The Balaban J connectivity index is 1.81. The summed E-state index contributed by atoms with van der Waals surface area (Å²) in [4.78, 5) is 4.33. The normalized spacial score (nSPS) is 10.9. The number of hydrogen-bond donors (Lipinski definition) is 1. The maximum Gasteiger partial charge on any atom is 0.161 e. The molecular formula is C18H17N3O2. The third kappa shape index (κ3) is 3.23. The van der Waals surface area contributed by atoms with Crippen LogP contribution in [0.25, 0.3) is 10.9 Å². The van der Waals surface area contributed by atoms with Crippen molar-refractivity contribution in [2.75, 3.05) is 19.6 Å². The van der Waals surface area contributed by atoms with Crippen LogP contribution in [0, 0.1) is 0 Å². The van der Waals surface area contributed by atoms with Gasteiger partial charge in [0.25, 0.3) is 0 Å². The zero-order valence-corrected chi connectivity index (χ0v) is 13.0. The molecule has 1 aromatic heterocycles. The summed E-state index contributed by atoms with van der Waals surface area (Å²) in [7, 11) is 3.22. The molecule has 0 amide bonds. The summed E-state index contributed by atoms with van der Waals surface area (Å²) >= 11 is 0. The standard InChI is InChI=1S/C18H17N3O2/c1-22-17-8-7-13(11-18(17)23-2)12-20-21-16-9-10-19-15-6-4-3-5-14(15)16/h3-12H,1-2H3,(H,19,21). The molecule has 0 aliphatic rings. The number of para-hydroxylation sites is 1. The van der Waals surface area contributed by atoms with Crippen LogP contribution >= 0.6 is 0 Å². The van der Waals surface area contributed by atoms with Crippen molar-refractivity contribution < 1.29 is 9.47 Å². The van der Waals surface area contributed by atoms with Crippen molar-refractivity contribution in [3.8, 4) is 11.5 Å². The highest BCUT2D eigenvalue weighted by atomic mass is 16.5. The number of aromatic nitrogens is 1. The summed E-state index contributed by atoms with van der Waals surface area (Å²) in [5, 5.41) is 5.32. The number of rotatable bonds is 5. The topological polar surface area (TPSA) is 55.7 Å².